The number of hydrogen-bond donors (Lipinski definition) is 6. The number of primary amides is 1. The number of carbonyl (C=O) groups excluding carboxylic acids is 3. The molecule has 1 amide bonds. The number of aliphatic hydroxyl groups excluding tert-OH is 2. The van der Waals surface area contributed by atoms with Crippen LogP contribution in [-0.2, 0) is 20.8 Å². The summed E-state index contributed by atoms with van der Waals surface area (Å²) in [6, 6.07) is 3.72. The molecule has 10 heteroatoms. The van der Waals surface area contributed by atoms with Crippen LogP contribution < -0.4 is 11.5 Å². The van der Waals surface area contributed by atoms with Crippen molar-refractivity contribution in [3.8, 4) is 5.75 Å². The third kappa shape index (κ3) is 2.30. The van der Waals surface area contributed by atoms with Crippen molar-refractivity contribution >= 4 is 34.1 Å². The number of aromatic nitrogens is 1. The molecule has 10 nitrogen and oxygen atoms in total. The van der Waals surface area contributed by atoms with Gasteiger partial charge in [-0.2, -0.15) is 0 Å². The number of ketones is 2. The number of benzene rings is 1. The van der Waals surface area contributed by atoms with Gasteiger partial charge in [-0.15, -0.1) is 0 Å². The van der Waals surface area contributed by atoms with E-state index < -0.39 is 58.0 Å². The number of aliphatic hydroxyl groups is 3. The fourth-order valence-electron chi connectivity index (χ4n) is 5.31. The SMILES string of the molecule is NC(=O)C1=C(O)[C@@]2(O)C(=O)C3=C(O)c4c(cc5cccnc5c4O)C[C@H]3C[C@H]2[C@H](N)C1=O. The summed E-state index contributed by atoms with van der Waals surface area (Å²) in [5.74, 6) is -7.30. The Kier molecular flexibility index (Phi) is 4.02. The van der Waals surface area contributed by atoms with E-state index in [0.717, 1.165) is 0 Å². The highest BCUT2D eigenvalue weighted by Gasteiger charge is 2.63. The monoisotopic (exact) mass is 437 g/mol. The van der Waals surface area contributed by atoms with Crippen molar-refractivity contribution in [2.24, 2.45) is 23.3 Å². The van der Waals surface area contributed by atoms with Gasteiger partial charge in [0.2, 0.25) is 5.78 Å². The van der Waals surface area contributed by atoms with Crippen LogP contribution >= 0.6 is 0 Å². The van der Waals surface area contributed by atoms with Gasteiger partial charge in [-0.3, -0.25) is 19.4 Å². The van der Waals surface area contributed by atoms with E-state index in [1.165, 1.54) is 6.20 Å². The molecule has 3 aliphatic rings. The van der Waals surface area contributed by atoms with Crippen LogP contribution in [0.1, 0.15) is 17.5 Å². The van der Waals surface area contributed by atoms with Gasteiger partial charge in [0, 0.05) is 23.1 Å². The van der Waals surface area contributed by atoms with E-state index >= 15 is 0 Å². The molecule has 164 valence electrons. The second-order valence-electron chi connectivity index (χ2n) is 8.41. The number of nitrogens with two attached hydrogens (primary N) is 2. The van der Waals surface area contributed by atoms with Crippen LogP contribution in [0.5, 0.6) is 5.75 Å². The Morgan fingerprint density at radius 1 is 1.22 bits per heavy atom. The highest BCUT2D eigenvalue weighted by Crippen LogP contribution is 2.52. The first kappa shape index (κ1) is 20.2. The number of nitrogens with zero attached hydrogens (tertiary/aromatic N) is 1. The van der Waals surface area contributed by atoms with Crippen molar-refractivity contribution in [2.45, 2.75) is 24.5 Å². The van der Waals surface area contributed by atoms with E-state index in [2.05, 4.69) is 4.98 Å². The minimum atomic E-state index is -2.71. The lowest BCUT2D eigenvalue weighted by Gasteiger charge is -2.48. The molecule has 1 aromatic carbocycles. The summed E-state index contributed by atoms with van der Waals surface area (Å²) < 4.78 is 0. The maximum absolute atomic E-state index is 13.5. The minimum Gasteiger partial charge on any atom is -0.508 e. The highest BCUT2D eigenvalue weighted by atomic mass is 16.3. The van der Waals surface area contributed by atoms with E-state index in [9.17, 15) is 34.8 Å². The number of phenols is 1. The normalized spacial score (nSPS) is 29.6. The van der Waals surface area contributed by atoms with E-state index in [1.807, 2.05) is 0 Å². The molecular weight excluding hydrogens is 418 g/mol. The zero-order chi connectivity index (χ0) is 23.1. The molecule has 0 spiro atoms. The van der Waals surface area contributed by atoms with Crippen molar-refractivity contribution in [3.63, 3.8) is 0 Å². The average molecular weight is 437 g/mol. The number of aromatic hydroxyl groups is 1. The largest absolute Gasteiger partial charge is 0.508 e. The Bertz CT molecular complexity index is 1330. The van der Waals surface area contributed by atoms with Gasteiger partial charge in [-0.1, -0.05) is 6.07 Å². The smallest absolute Gasteiger partial charge is 0.255 e. The minimum absolute atomic E-state index is 0.00706. The van der Waals surface area contributed by atoms with Crippen molar-refractivity contribution in [2.75, 3.05) is 0 Å². The predicted molar refractivity (Wildman–Crippen MR) is 110 cm³/mol. The molecular formula is C22H19N3O7. The molecule has 1 fully saturated rings. The number of pyridine rings is 1. The van der Waals surface area contributed by atoms with Crippen LogP contribution in [0.3, 0.4) is 0 Å². The van der Waals surface area contributed by atoms with Crippen molar-refractivity contribution in [1.29, 1.82) is 0 Å². The highest BCUT2D eigenvalue weighted by molar-refractivity contribution is 6.24. The molecule has 5 rings (SSSR count). The summed E-state index contributed by atoms with van der Waals surface area (Å²) >= 11 is 0. The summed E-state index contributed by atoms with van der Waals surface area (Å²) in [5, 5.41) is 44.3. The van der Waals surface area contributed by atoms with E-state index in [1.54, 1.807) is 18.2 Å². The molecule has 8 N–H and O–H groups in total. The van der Waals surface area contributed by atoms with Crippen molar-refractivity contribution < 1.29 is 34.8 Å². The lowest BCUT2D eigenvalue weighted by molar-refractivity contribution is -0.149. The Morgan fingerprint density at radius 2 is 1.94 bits per heavy atom. The number of phenolic OH excluding ortho intramolecular Hbond substituents is 1. The van der Waals surface area contributed by atoms with Gasteiger partial charge in [0.1, 0.15) is 22.6 Å². The summed E-state index contributed by atoms with van der Waals surface area (Å²) in [5.41, 5.74) is 8.07. The van der Waals surface area contributed by atoms with Gasteiger partial charge in [-0.25, -0.2) is 0 Å². The van der Waals surface area contributed by atoms with Crippen LogP contribution in [0.15, 0.2) is 41.3 Å². The lowest BCUT2D eigenvalue weighted by Crippen LogP contribution is -2.65. The molecule has 1 saturated carbocycles. The first-order chi connectivity index (χ1) is 15.1. The number of Topliss-reactive ketones (excluding diaryl/α,β-unsaturated/α-hetero) is 2. The zero-order valence-corrected chi connectivity index (χ0v) is 16.6. The number of amides is 1. The first-order valence-corrected chi connectivity index (χ1v) is 9.92. The lowest BCUT2D eigenvalue weighted by atomic mass is 9.58. The second-order valence-corrected chi connectivity index (χ2v) is 8.41. The molecule has 0 bridgehead atoms. The quantitative estimate of drug-likeness (QED) is 0.330. The van der Waals surface area contributed by atoms with Gasteiger partial charge in [0.05, 0.1) is 11.6 Å². The van der Waals surface area contributed by atoms with Crippen LogP contribution in [0, 0.1) is 11.8 Å². The van der Waals surface area contributed by atoms with Crippen molar-refractivity contribution in [3.05, 3.63) is 52.4 Å². The number of carbonyl (C=O) groups is 3. The second kappa shape index (κ2) is 6.38. The maximum atomic E-state index is 13.5. The molecule has 1 heterocycles. The molecule has 0 saturated heterocycles. The van der Waals surface area contributed by atoms with Crippen LogP contribution in [0.25, 0.3) is 16.7 Å². The molecule has 0 unspecified atom stereocenters. The molecule has 4 atom stereocenters. The number of rotatable bonds is 1. The Balaban J connectivity index is 1.76. The van der Waals surface area contributed by atoms with Crippen LogP contribution in [0.2, 0.25) is 0 Å². The molecule has 0 radical (unpaired) electrons. The average Bonchev–Trinajstić information content (AvgIpc) is 2.74. The maximum Gasteiger partial charge on any atom is 0.255 e. The fourth-order valence-corrected chi connectivity index (χ4v) is 5.31. The third-order valence-electron chi connectivity index (χ3n) is 6.81. The molecule has 2 aromatic rings. The summed E-state index contributed by atoms with van der Waals surface area (Å²) in [6.07, 6.45) is 1.65. The molecule has 32 heavy (non-hydrogen) atoms. The number of hydrogen-bond acceptors (Lipinski definition) is 9. The third-order valence-corrected chi connectivity index (χ3v) is 6.81. The van der Waals surface area contributed by atoms with E-state index in [0.29, 0.717) is 10.9 Å². The summed E-state index contributed by atoms with van der Waals surface area (Å²) in [6.45, 7) is 0. The molecule has 3 aliphatic carbocycles. The number of fused-ring (bicyclic) bond motifs is 4. The topological polar surface area (TPSA) is 197 Å². The summed E-state index contributed by atoms with van der Waals surface area (Å²) in [4.78, 5) is 41.8. The van der Waals surface area contributed by atoms with E-state index in [4.69, 9.17) is 11.5 Å². The van der Waals surface area contributed by atoms with Crippen LogP contribution in [0.4, 0.5) is 0 Å². The van der Waals surface area contributed by atoms with Gasteiger partial charge in [0.15, 0.2) is 17.1 Å². The van der Waals surface area contributed by atoms with Crippen molar-refractivity contribution in [1.82, 2.24) is 4.98 Å². The Hall–Kier alpha value is -3.76. The standard InChI is InChI=1S/C22H19N3O7/c23-14-10-6-9-5-8-4-7-2-1-3-25-15(7)18(28)11(8)16(26)12(9)19(29)22(10,32)20(30)13(17(14)27)21(24)31/h1-4,9-10,14,26,28,30,32H,5-6,23H2,(H2,24,31)/t9-,10-,14-,22-/m0/s1. The van der Waals surface area contributed by atoms with Gasteiger partial charge in [0.25, 0.3) is 5.91 Å². The summed E-state index contributed by atoms with van der Waals surface area (Å²) in [7, 11) is 0. The van der Waals surface area contributed by atoms with Gasteiger partial charge < -0.3 is 31.9 Å². The van der Waals surface area contributed by atoms with Gasteiger partial charge >= 0.3 is 0 Å². The first-order valence-electron chi connectivity index (χ1n) is 9.92. The van der Waals surface area contributed by atoms with Gasteiger partial charge in [-0.05, 0) is 36.5 Å². The van der Waals surface area contributed by atoms with Crippen LogP contribution in [-0.4, -0.2) is 54.5 Å². The van der Waals surface area contributed by atoms with E-state index in [-0.39, 0.29) is 35.2 Å². The predicted octanol–water partition coefficient (Wildman–Crippen LogP) is -0.0907. The molecule has 0 aliphatic heterocycles. The Labute approximate surface area is 180 Å². The molecule has 1 aromatic heterocycles. The fraction of sp³-hybridized carbons (Fsp3) is 0.273. The zero-order valence-electron chi connectivity index (χ0n) is 16.6. The Morgan fingerprint density at radius 3 is 2.62 bits per heavy atom.